The van der Waals surface area contributed by atoms with Crippen molar-refractivity contribution in [3.8, 4) is 0 Å². The number of benzene rings is 2. The first-order valence-electron chi connectivity index (χ1n) is 7.05. The van der Waals surface area contributed by atoms with Gasteiger partial charge in [0.2, 0.25) is 0 Å². The topological polar surface area (TPSA) is 32.7 Å². The van der Waals surface area contributed by atoms with E-state index in [4.69, 9.17) is 23.2 Å². The molecule has 6 heteroatoms. The minimum atomic E-state index is -0.211. The highest BCUT2D eigenvalue weighted by molar-refractivity contribution is 9.10. The molecule has 0 bridgehead atoms. The number of carbonyl (C=O) groups is 1. The minimum absolute atomic E-state index is 0.0979. The van der Waals surface area contributed by atoms with Crippen LogP contribution in [0.5, 0.6) is 0 Å². The number of alkyl halides is 1. The molecule has 2 aromatic rings. The van der Waals surface area contributed by atoms with Crippen LogP contribution in [0.25, 0.3) is 0 Å². The normalized spacial score (nSPS) is 17.3. The van der Waals surface area contributed by atoms with Crippen molar-refractivity contribution in [1.29, 1.82) is 0 Å². The van der Waals surface area contributed by atoms with Crippen LogP contribution in [-0.4, -0.2) is 22.5 Å². The quantitative estimate of drug-likeness (QED) is 0.652. The molecule has 1 heterocycles. The van der Waals surface area contributed by atoms with E-state index >= 15 is 0 Å². The maximum Gasteiger partial charge on any atom is 0.258 e. The molecular weight excluding hydrogens is 399 g/mol. The van der Waals surface area contributed by atoms with Crippen molar-refractivity contribution in [2.24, 2.45) is 5.10 Å². The maximum absolute atomic E-state index is 12.2. The van der Waals surface area contributed by atoms with Crippen molar-refractivity contribution in [2.45, 2.75) is 12.5 Å². The minimum Gasteiger partial charge on any atom is -0.272 e. The second-order valence-corrected chi connectivity index (χ2v) is 6.82. The molecule has 1 amide bonds. The Morgan fingerprint density at radius 2 is 2.00 bits per heavy atom. The third-order valence-corrected chi connectivity index (χ3v) is 4.67. The molecule has 1 aliphatic rings. The summed E-state index contributed by atoms with van der Waals surface area (Å²) in [5.41, 5.74) is 2.84. The number of amides is 1. The summed E-state index contributed by atoms with van der Waals surface area (Å²) < 4.78 is 0.975. The molecule has 0 radical (unpaired) electrons. The van der Waals surface area contributed by atoms with Gasteiger partial charge in [0.1, 0.15) is 5.88 Å². The van der Waals surface area contributed by atoms with E-state index in [-0.39, 0.29) is 17.8 Å². The van der Waals surface area contributed by atoms with E-state index in [9.17, 15) is 4.79 Å². The molecule has 0 N–H and O–H groups in total. The van der Waals surface area contributed by atoms with E-state index < -0.39 is 0 Å². The molecule has 0 spiro atoms. The molecule has 0 fully saturated rings. The molecular formula is C17H13BrCl2N2O. The van der Waals surface area contributed by atoms with Crippen LogP contribution >= 0.6 is 39.1 Å². The van der Waals surface area contributed by atoms with Crippen molar-refractivity contribution >= 4 is 50.8 Å². The first kappa shape index (κ1) is 16.5. The Hall–Kier alpha value is -1.36. The summed E-state index contributed by atoms with van der Waals surface area (Å²) in [6.07, 6.45) is 0.640. The lowest BCUT2D eigenvalue weighted by Crippen LogP contribution is -2.27. The summed E-state index contributed by atoms with van der Waals surface area (Å²) in [5, 5.41) is 6.65. The third kappa shape index (κ3) is 3.60. The lowest BCUT2D eigenvalue weighted by molar-refractivity contribution is -0.130. The Morgan fingerprint density at radius 1 is 1.26 bits per heavy atom. The summed E-state index contributed by atoms with van der Waals surface area (Å²) in [6, 6.07) is 15.2. The lowest BCUT2D eigenvalue weighted by atomic mass is 9.98. The number of halogens is 3. The van der Waals surface area contributed by atoms with Gasteiger partial charge in [-0.3, -0.25) is 4.79 Å². The Bertz CT molecular complexity index is 761. The van der Waals surface area contributed by atoms with Crippen molar-refractivity contribution < 1.29 is 4.79 Å². The van der Waals surface area contributed by atoms with E-state index in [2.05, 4.69) is 21.0 Å². The standard InChI is InChI=1S/C17H13BrCl2N2O/c18-13-3-1-2-12(8-13)15-9-16(22(21-15)17(23)10-19)11-4-6-14(20)7-5-11/h1-8,16H,9-10H2. The molecule has 1 atom stereocenters. The molecule has 1 unspecified atom stereocenters. The average molecular weight is 412 g/mol. The van der Waals surface area contributed by atoms with E-state index in [1.807, 2.05) is 48.5 Å². The maximum atomic E-state index is 12.2. The van der Waals surface area contributed by atoms with Crippen LogP contribution in [0.2, 0.25) is 5.02 Å². The smallest absolute Gasteiger partial charge is 0.258 e. The molecule has 1 aliphatic heterocycles. The van der Waals surface area contributed by atoms with E-state index in [0.29, 0.717) is 11.4 Å². The molecule has 0 aromatic heterocycles. The fourth-order valence-corrected chi connectivity index (χ4v) is 3.24. The highest BCUT2D eigenvalue weighted by atomic mass is 79.9. The zero-order valence-electron chi connectivity index (χ0n) is 12.0. The first-order chi connectivity index (χ1) is 11.1. The monoisotopic (exact) mass is 410 g/mol. The van der Waals surface area contributed by atoms with Gasteiger partial charge in [-0.25, -0.2) is 5.01 Å². The van der Waals surface area contributed by atoms with Crippen LogP contribution < -0.4 is 0 Å². The molecule has 3 nitrogen and oxygen atoms in total. The Labute approximate surface area is 153 Å². The number of hydrogen-bond donors (Lipinski definition) is 0. The average Bonchev–Trinajstić information content (AvgIpc) is 3.00. The van der Waals surface area contributed by atoms with Crippen LogP contribution in [0.15, 0.2) is 58.1 Å². The van der Waals surface area contributed by atoms with Gasteiger partial charge >= 0.3 is 0 Å². The molecule has 2 aromatic carbocycles. The van der Waals surface area contributed by atoms with Crippen LogP contribution in [-0.2, 0) is 4.79 Å². The van der Waals surface area contributed by atoms with Crippen molar-refractivity contribution in [1.82, 2.24) is 5.01 Å². The SMILES string of the molecule is O=C(CCl)N1N=C(c2cccc(Br)c2)CC1c1ccc(Cl)cc1. The van der Waals surface area contributed by atoms with Crippen molar-refractivity contribution in [3.63, 3.8) is 0 Å². The number of carbonyl (C=O) groups excluding carboxylic acids is 1. The van der Waals surface area contributed by atoms with Gasteiger partial charge in [0.15, 0.2) is 0 Å². The summed E-state index contributed by atoms with van der Waals surface area (Å²) in [6.45, 7) is 0. The second-order valence-electron chi connectivity index (χ2n) is 5.20. The fraction of sp³-hybridized carbons (Fsp3) is 0.176. The Morgan fingerprint density at radius 3 is 2.65 bits per heavy atom. The Kier molecular flexibility index (Phi) is 5.05. The van der Waals surface area contributed by atoms with Gasteiger partial charge in [0, 0.05) is 15.9 Å². The number of rotatable bonds is 3. The van der Waals surface area contributed by atoms with Crippen LogP contribution in [0.3, 0.4) is 0 Å². The summed E-state index contributed by atoms with van der Waals surface area (Å²) in [4.78, 5) is 12.2. The van der Waals surface area contributed by atoms with Crippen LogP contribution in [0, 0.1) is 0 Å². The molecule has 3 rings (SSSR count). The third-order valence-electron chi connectivity index (χ3n) is 3.69. The van der Waals surface area contributed by atoms with Gasteiger partial charge in [-0.05, 0) is 35.4 Å². The fourth-order valence-electron chi connectivity index (χ4n) is 2.59. The number of hydrogen-bond acceptors (Lipinski definition) is 2. The van der Waals surface area contributed by atoms with Crippen molar-refractivity contribution in [2.75, 3.05) is 5.88 Å². The summed E-state index contributed by atoms with van der Waals surface area (Å²) >= 11 is 15.2. The lowest BCUT2D eigenvalue weighted by Gasteiger charge is -2.21. The molecule has 0 saturated heterocycles. The van der Waals surface area contributed by atoms with Gasteiger partial charge in [-0.2, -0.15) is 5.10 Å². The first-order valence-corrected chi connectivity index (χ1v) is 8.76. The highest BCUT2D eigenvalue weighted by Crippen LogP contribution is 2.33. The van der Waals surface area contributed by atoms with Gasteiger partial charge in [-0.15, -0.1) is 11.6 Å². The predicted molar refractivity (Wildman–Crippen MR) is 97.1 cm³/mol. The van der Waals surface area contributed by atoms with Gasteiger partial charge < -0.3 is 0 Å². The van der Waals surface area contributed by atoms with Gasteiger partial charge in [0.25, 0.3) is 5.91 Å². The highest BCUT2D eigenvalue weighted by Gasteiger charge is 2.32. The number of nitrogens with zero attached hydrogens (tertiary/aromatic N) is 2. The molecule has 118 valence electrons. The zero-order valence-corrected chi connectivity index (χ0v) is 15.1. The molecule has 23 heavy (non-hydrogen) atoms. The van der Waals surface area contributed by atoms with Crippen LogP contribution in [0.1, 0.15) is 23.6 Å². The zero-order chi connectivity index (χ0) is 16.4. The predicted octanol–water partition coefficient (Wildman–Crippen LogP) is 5.02. The molecule has 0 saturated carbocycles. The van der Waals surface area contributed by atoms with Crippen molar-refractivity contribution in [3.05, 3.63) is 69.2 Å². The van der Waals surface area contributed by atoms with E-state index in [1.165, 1.54) is 5.01 Å². The van der Waals surface area contributed by atoms with Gasteiger partial charge in [-0.1, -0.05) is 51.8 Å². The van der Waals surface area contributed by atoms with E-state index in [0.717, 1.165) is 21.3 Å². The molecule has 0 aliphatic carbocycles. The number of hydrazone groups is 1. The second kappa shape index (κ2) is 7.04. The Balaban J connectivity index is 1.95. The van der Waals surface area contributed by atoms with Crippen LogP contribution in [0.4, 0.5) is 0 Å². The largest absolute Gasteiger partial charge is 0.272 e. The summed E-state index contributed by atoms with van der Waals surface area (Å²) in [7, 11) is 0. The van der Waals surface area contributed by atoms with Gasteiger partial charge in [0.05, 0.1) is 11.8 Å². The van der Waals surface area contributed by atoms with E-state index in [1.54, 1.807) is 0 Å². The summed E-state index contributed by atoms with van der Waals surface area (Å²) in [5.74, 6) is -0.309.